The Morgan fingerprint density at radius 1 is 0.889 bits per heavy atom. The molecule has 3 heterocycles. The molecular weight excluding hydrogens is 484 g/mol. The maximum atomic E-state index is 5.02. The number of hydrogen-bond acceptors (Lipinski definition) is 6. The summed E-state index contributed by atoms with van der Waals surface area (Å²) in [5.74, 6) is 2.56. The standard InChI is InChI=1S/C28H22N6S2/c1-18-23-16-11-19-7-5-6-10-24(19)26(23)31-34(18)21-12-14-22(15-13-21)36-32-28-33-25(17-35-28)29-30-27(33)20-8-3-2-4-9-20/h2-10,12-15H,11,16-17H2,1H3/b32-28-. The molecule has 0 fully saturated rings. The minimum absolute atomic E-state index is 0.782. The second-order valence-corrected chi connectivity index (χ2v) is 10.6. The van der Waals surface area contributed by atoms with Crippen molar-refractivity contribution in [2.45, 2.75) is 30.4 Å². The molecule has 0 N–H and O–H groups in total. The van der Waals surface area contributed by atoms with Crippen LogP contribution in [0.2, 0.25) is 0 Å². The molecule has 0 amide bonds. The summed E-state index contributed by atoms with van der Waals surface area (Å²) in [6.07, 6.45) is 2.11. The molecule has 7 rings (SSSR count). The third-order valence-electron chi connectivity index (χ3n) is 6.75. The summed E-state index contributed by atoms with van der Waals surface area (Å²) in [5.41, 5.74) is 8.46. The van der Waals surface area contributed by atoms with Gasteiger partial charge >= 0.3 is 0 Å². The Labute approximate surface area is 217 Å². The zero-order chi connectivity index (χ0) is 24.1. The van der Waals surface area contributed by atoms with Gasteiger partial charge in [0.1, 0.15) is 5.82 Å². The third-order valence-corrected chi connectivity index (χ3v) is 8.55. The average Bonchev–Trinajstić information content (AvgIpc) is 3.63. The van der Waals surface area contributed by atoms with Crippen LogP contribution in [0.15, 0.2) is 88.2 Å². The van der Waals surface area contributed by atoms with Crippen LogP contribution in [0.3, 0.4) is 0 Å². The van der Waals surface area contributed by atoms with Crippen molar-refractivity contribution in [1.82, 2.24) is 24.5 Å². The van der Waals surface area contributed by atoms with Crippen molar-refractivity contribution < 1.29 is 0 Å². The lowest BCUT2D eigenvalue weighted by Gasteiger charge is -2.14. The van der Waals surface area contributed by atoms with Gasteiger partial charge in [-0.1, -0.05) is 66.4 Å². The number of nitrogens with zero attached hydrogens (tertiary/aromatic N) is 6. The molecule has 1 aliphatic heterocycles. The van der Waals surface area contributed by atoms with E-state index < -0.39 is 0 Å². The number of benzene rings is 3. The van der Waals surface area contributed by atoms with E-state index in [1.807, 2.05) is 18.2 Å². The van der Waals surface area contributed by atoms with Gasteiger partial charge in [-0.15, -0.1) is 10.2 Å². The van der Waals surface area contributed by atoms with Crippen LogP contribution in [0, 0.1) is 6.92 Å². The minimum atomic E-state index is 0.782. The molecule has 0 unspecified atom stereocenters. The predicted molar refractivity (Wildman–Crippen MR) is 147 cm³/mol. The molecule has 0 saturated carbocycles. The van der Waals surface area contributed by atoms with Gasteiger partial charge in [0.25, 0.3) is 0 Å². The lowest BCUT2D eigenvalue weighted by Crippen LogP contribution is -2.05. The highest BCUT2D eigenvalue weighted by atomic mass is 32.2. The molecule has 0 bridgehead atoms. The third kappa shape index (κ3) is 3.60. The molecule has 3 aromatic carbocycles. The van der Waals surface area contributed by atoms with Gasteiger partial charge in [0.05, 0.1) is 17.1 Å². The highest BCUT2D eigenvalue weighted by Crippen LogP contribution is 2.36. The summed E-state index contributed by atoms with van der Waals surface area (Å²) < 4.78 is 8.99. The Kier molecular flexibility index (Phi) is 5.29. The molecule has 0 radical (unpaired) electrons. The van der Waals surface area contributed by atoms with E-state index in [1.165, 1.54) is 34.3 Å². The Morgan fingerprint density at radius 3 is 2.56 bits per heavy atom. The molecule has 0 spiro atoms. The molecule has 6 nitrogen and oxygen atoms in total. The maximum Gasteiger partial charge on any atom is 0.183 e. The zero-order valence-corrected chi connectivity index (χ0v) is 21.3. The summed E-state index contributed by atoms with van der Waals surface area (Å²) >= 11 is 3.17. The Balaban J connectivity index is 1.15. The molecule has 36 heavy (non-hydrogen) atoms. The number of hydrogen-bond donors (Lipinski definition) is 0. The van der Waals surface area contributed by atoms with Gasteiger partial charge in [-0.25, -0.2) is 4.68 Å². The summed E-state index contributed by atoms with van der Waals surface area (Å²) in [4.78, 5) is 1.08. The van der Waals surface area contributed by atoms with E-state index in [2.05, 4.69) is 87.0 Å². The summed E-state index contributed by atoms with van der Waals surface area (Å²) in [6, 6.07) is 27.2. The van der Waals surface area contributed by atoms with Gasteiger partial charge in [0.2, 0.25) is 0 Å². The summed E-state index contributed by atoms with van der Waals surface area (Å²) in [5, 5.41) is 14.7. The van der Waals surface area contributed by atoms with Crippen LogP contribution in [0.4, 0.5) is 0 Å². The van der Waals surface area contributed by atoms with E-state index in [-0.39, 0.29) is 0 Å². The molecular formula is C28H22N6S2. The second kappa shape index (κ2) is 8.80. The highest BCUT2D eigenvalue weighted by Gasteiger charge is 2.25. The first kappa shape index (κ1) is 21.6. The van der Waals surface area contributed by atoms with Crippen LogP contribution in [0.5, 0.6) is 0 Å². The fourth-order valence-electron chi connectivity index (χ4n) is 4.92. The molecule has 1 aliphatic carbocycles. The van der Waals surface area contributed by atoms with Crippen molar-refractivity contribution in [2.75, 3.05) is 0 Å². The van der Waals surface area contributed by atoms with Crippen molar-refractivity contribution in [3.05, 3.63) is 102 Å². The number of fused-ring (bicyclic) bond motifs is 4. The Bertz CT molecular complexity index is 1620. The van der Waals surface area contributed by atoms with E-state index >= 15 is 0 Å². The first-order valence-corrected chi connectivity index (χ1v) is 13.7. The van der Waals surface area contributed by atoms with E-state index in [9.17, 15) is 0 Å². The van der Waals surface area contributed by atoms with Gasteiger partial charge < -0.3 is 0 Å². The van der Waals surface area contributed by atoms with Crippen LogP contribution in [0.25, 0.3) is 28.3 Å². The zero-order valence-electron chi connectivity index (χ0n) is 19.6. The summed E-state index contributed by atoms with van der Waals surface area (Å²) in [6.45, 7) is 2.17. The first-order chi connectivity index (χ1) is 17.8. The highest BCUT2D eigenvalue weighted by molar-refractivity contribution is 8.14. The quantitative estimate of drug-likeness (QED) is 0.265. The predicted octanol–water partition coefficient (Wildman–Crippen LogP) is 6.36. The van der Waals surface area contributed by atoms with Crippen LogP contribution in [-0.2, 0) is 18.6 Å². The number of thioether (sulfide) groups is 1. The van der Waals surface area contributed by atoms with Gasteiger partial charge in [-0.05, 0) is 49.6 Å². The van der Waals surface area contributed by atoms with Crippen molar-refractivity contribution in [3.8, 4) is 28.3 Å². The lowest BCUT2D eigenvalue weighted by molar-refractivity contribution is 0.845. The number of aromatic nitrogens is 5. The van der Waals surface area contributed by atoms with Gasteiger partial charge in [-0.2, -0.15) is 9.50 Å². The molecule has 2 aliphatic rings. The minimum Gasteiger partial charge on any atom is -0.256 e. The molecule has 176 valence electrons. The largest absolute Gasteiger partial charge is 0.256 e. The van der Waals surface area contributed by atoms with Gasteiger partial charge in [0, 0.05) is 39.2 Å². The molecule has 2 aromatic heterocycles. The maximum absolute atomic E-state index is 5.02. The monoisotopic (exact) mass is 506 g/mol. The fraction of sp³-hybridized carbons (Fsp3) is 0.143. The van der Waals surface area contributed by atoms with Crippen molar-refractivity contribution in [1.29, 1.82) is 0 Å². The van der Waals surface area contributed by atoms with Crippen LogP contribution < -0.4 is 0 Å². The molecule has 5 aromatic rings. The first-order valence-electron chi connectivity index (χ1n) is 11.9. The number of rotatable bonds is 4. The van der Waals surface area contributed by atoms with Crippen LogP contribution in [0.1, 0.15) is 22.6 Å². The second-order valence-electron chi connectivity index (χ2n) is 8.87. The smallest absolute Gasteiger partial charge is 0.183 e. The molecule has 0 saturated heterocycles. The molecule has 0 atom stereocenters. The Hall–Kier alpha value is -3.62. The Morgan fingerprint density at radius 2 is 1.69 bits per heavy atom. The average molecular weight is 507 g/mol. The summed E-state index contributed by atoms with van der Waals surface area (Å²) in [7, 11) is 0. The van der Waals surface area contributed by atoms with Crippen LogP contribution in [-0.4, -0.2) is 29.7 Å². The SMILES string of the molecule is Cc1c2c(nn1-c1ccc(S/N=C3\SCc4nnc(-c5ccccc5)n43)cc1)-c1ccccc1CC2. The van der Waals surface area contributed by atoms with Crippen LogP contribution >= 0.6 is 23.7 Å². The number of aryl methyl sites for hydroxylation is 1. The van der Waals surface area contributed by atoms with Gasteiger partial charge in [0.15, 0.2) is 11.0 Å². The molecule has 8 heteroatoms. The van der Waals surface area contributed by atoms with E-state index in [0.717, 1.165) is 57.3 Å². The fourth-order valence-corrected chi connectivity index (χ4v) is 6.53. The topological polar surface area (TPSA) is 60.9 Å². The van der Waals surface area contributed by atoms with E-state index in [1.54, 1.807) is 11.8 Å². The van der Waals surface area contributed by atoms with Crippen molar-refractivity contribution in [3.63, 3.8) is 0 Å². The lowest BCUT2D eigenvalue weighted by atomic mass is 9.89. The van der Waals surface area contributed by atoms with Crippen molar-refractivity contribution >= 4 is 28.9 Å². The van der Waals surface area contributed by atoms with Gasteiger partial charge in [-0.3, -0.25) is 4.57 Å². The van der Waals surface area contributed by atoms with E-state index in [4.69, 9.17) is 9.50 Å². The van der Waals surface area contributed by atoms with E-state index in [0.29, 0.717) is 0 Å². The van der Waals surface area contributed by atoms with Crippen molar-refractivity contribution in [2.24, 2.45) is 4.40 Å². The normalized spacial score (nSPS) is 15.1.